The van der Waals surface area contributed by atoms with E-state index in [2.05, 4.69) is 20.6 Å². The number of amides is 1. The molecule has 1 fully saturated rings. The number of nitrogens with one attached hydrogen (secondary N) is 1. The molecular formula is C22H31N5O5. The standard InChI is InChI=1S/C22H31N5O5/c1-5-13(2)23-22(30)31-12-18-20(25-26-27(18)4)17-9-10-19(14(3)24-17)32-16-8-6-7-15(11-16)21(28)29/h9-10,13,15-16H,5-8,11-12H2,1-4H3,(H,23,30)(H,28,29)/t13?,15-,16-/m0/s1/i2D3. The molecular weight excluding hydrogens is 414 g/mol. The first-order chi connectivity index (χ1) is 16.5. The largest absolute Gasteiger partial charge is 0.489 e. The van der Waals surface area contributed by atoms with Gasteiger partial charge in [0.15, 0.2) is 0 Å². The molecule has 0 bridgehead atoms. The highest BCUT2D eigenvalue weighted by Gasteiger charge is 2.28. The minimum Gasteiger partial charge on any atom is -0.489 e. The van der Waals surface area contributed by atoms with Crippen molar-refractivity contribution in [2.75, 3.05) is 0 Å². The molecule has 10 heteroatoms. The predicted molar refractivity (Wildman–Crippen MR) is 116 cm³/mol. The Morgan fingerprint density at radius 3 is 2.91 bits per heavy atom. The lowest BCUT2D eigenvalue weighted by atomic mass is 9.87. The van der Waals surface area contributed by atoms with Gasteiger partial charge in [0.2, 0.25) is 0 Å². The van der Waals surface area contributed by atoms with Gasteiger partial charge in [0.25, 0.3) is 0 Å². The van der Waals surface area contributed by atoms with Crippen molar-refractivity contribution in [2.45, 2.75) is 71.6 Å². The Morgan fingerprint density at radius 2 is 2.22 bits per heavy atom. The lowest BCUT2D eigenvalue weighted by Crippen LogP contribution is -2.32. The summed E-state index contributed by atoms with van der Waals surface area (Å²) in [4.78, 5) is 28.1. The Labute approximate surface area is 191 Å². The lowest BCUT2D eigenvalue weighted by Gasteiger charge is -2.27. The smallest absolute Gasteiger partial charge is 0.407 e. The Balaban J connectivity index is 1.68. The molecule has 174 valence electrons. The first kappa shape index (κ1) is 19.5. The van der Waals surface area contributed by atoms with E-state index in [4.69, 9.17) is 13.6 Å². The van der Waals surface area contributed by atoms with E-state index in [9.17, 15) is 14.7 Å². The Kier molecular flexibility index (Phi) is 6.36. The molecule has 3 atom stereocenters. The van der Waals surface area contributed by atoms with Crippen molar-refractivity contribution in [1.82, 2.24) is 25.3 Å². The van der Waals surface area contributed by atoms with Crippen molar-refractivity contribution < 1.29 is 28.3 Å². The zero-order valence-corrected chi connectivity index (χ0v) is 18.5. The van der Waals surface area contributed by atoms with Gasteiger partial charge in [0.1, 0.15) is 23.7 Å². The fourth-order valence-corrected chi connectivity index (χ4v) is 3.62. The van der Waals surface area contributed by atoms with E-state index in [1.165, 1.54) is 4.68 Å². The van der Waals surface area contributed by atoms with Crippen molar-refractivity contribution in [1.29, 1.82) is 0 Å². The third-order valence-corrected chi connectivity index (χ3v) is 5.53. The van der Waals surface area contributed by atoms with Crippen molar-refractivity contribution >= 4 is 12.1 Å². The zero-order chi connectivity index (χ0) is 25.8. The summed E-state index contributed by atoms with van der Waals surface area (Å²) in [6.45, 7) is 0.945. The van der Waals surface area contributed by atoms with Gasteiger partial charge in [-0.2, -0.15) is 0 Å². The van der Waals surface area contributed by atoms with Crippen LogP contribution in [0.3, 0.4) is 0 Å². The number of pyridine rings is 1. The number of ether oxygens (including phenoxy) is 2. The average molecular weight is 449 g/mol. The number of aliphatic carboxylic acids is 1. The van der Waals surface area contributed by atoms with E-state index in [-0.39, 0.29) is 19.1 Å². The van der Waals surface area contributed by atoms with Crippen LogP contribution in [0.4, 0.5) is 4.79 Å². The van der Waals surface area contributed by atoms with Gasteiger partial charge in [-0.15, -0.1) is 5.10 Å². The van der Waals surface area contributed by atoms with Gasteiger partial charge in [-0.1, -0.05) is 12.1 Å². The molecule has 1 amide bonds. The number of alkyl carbamates (subject to hydrolysis) is 1. The maximum Gasteiger partial charge on any atom is 0.407 e. The lowest BCUT2D eigenvalue weighted by molar-refractivity contribution is -0.143. The Morgan fingerprint density at radius 1 is 1.41 bits per heavy atom. The molecule has 1 aliphatic rings. The first-order valence-electron chi connectivity index (χ1n) is 12.2. The van der Waals surface area contributed by atoms with E-state index in [1.54, 1.807) is 33.0 Å². The highest BCUT2D eigenvalue weighted by Crippen LogP contribution is 2.30. The van der Waals surface area contributed by atoms with Crippen LogP contribution in [0, 0.1) is 12.8 Å². The van der Waals surface area contributed by atoms with Crippen molar-refractivity contribution in [3.05, 3.63) is 23.5 Å². The molecule has 0 spiro atoms. The molecule has 0 saturated heterocycles. The van der Waals surface area contributed by atoms with Crippen LogP contribution >= 0.6 is 0 Å². The van der Waals surface area contributed by atoms with Crippen LogP contribution in [-0.2, 0) is 23.2 Å². The van der Waals surface area contributed by atoms with Crippen LogP contribution in [-0.4, -0.2) is 49.3 Å². The summed E-state index contributed by atoms with van der Waals surface area (Å²) in [6, 6.07) is 2.47. The number of carboxylic acid groups (broad SMARTS) is 1. The number of carbonyl (C=O) groups is 2. The molecule has 2 aromatic heterocycles. The summed E-state index contributed by atoms with van der Waals surface area (Å²) in [5.41, 5.74) is 2.02. The second-order valence-corrected chi connectivity index (χ2v) is 7.91. The van der Waals surface area contributed by atoms with Gasteiger partial charge in [-0.05, 0) is 58.0 Å². The third kappa shape index (κ3) is 5.74. The molecule has 2 N–H and O–H groups in total. The number of aryl methyl sites for hydroxylation is 2. The maximum absolute atomic E-state index is 12.2. The topological polar surface area (TPSA) is 128 Å². The summed E-state index contributed by atoms with van der Waals surface area (Å²) < 4.78 is 35.2. The van der Waals surface area contributed by atoms with Crippen LogP contribution in [0.15, 0.2) is 12.1 Å². The number of carbonyl (C=O) groups excluding carboxylic acids is 1. The number of rotatable bonds is 8. The predicted octanol–water partition coefficient (Wildman–Crippen LogP) is 3.23. The van der Waals surface area contributed by atoms with Crippen LogP contribution in [0.25, 0.3) is 11.4 Å². The Hall–Kier alpha value is -3.17. The quantitative estimate of drug-likeness (QED) is 0.630. The first-order valence-corrected chi connectivity index (χ1v) is 10.7. The number of aromatic nitrogens is 4. The summed E-state index contributed by atoms with van der Waals surface area (Å²) in [5, 5.41) is 19.8. The third-order valence-electron chi connectivity index (χ3n) is 5.53. The number of carboxylic acids is 1. The van der Waals surface area contributed by atoms with Crippen LogP contribution < -0.4 is 10.1 Å². The summed E-state index contributed by atoms with van der Waals surface area (Å²) in [6.07, 6.45) is 1.92. The van der Waals surface area contributed by atoms with Gasteiger partial charge < -0.3 is 19.9 Å². The van der Waals surface area contributed by atoms with Gasteiger partial charge in [-0.25, -0.2) is 14.5 Å². The summed E-state index contributed by atoms with van der Waals surface area (Å²) in [7, 11) is 1.65. The fourth-order valence-electron chi connectivity index (χ4n) is 3.62. The molecule has 32 heavy (non-hydrogen) atoms. The molecule has 0 radical (unpaired) electrons. The molecule has 0 aromatic carbocycles. The number of hydrogen-bond acceptors (Lipinski definition) is 7. The monoisotopic (exact) mass is 448 g/mol. The summed E-state index contributed by atoms with van der Waals surface area (Å²) >= 11 is 0. The second kappa shape index (κ2) is 10.4. The van der Waals surface area contributed by atoms with Gasteiger partial charge in [0, 0.05) is 17.2 Å². The minimum atomic E-state index is -2.33. The minimum absolute atomic E-state index is 0.181. The van der Waals surface area contributed by atoms with E-state index in [0.717, 1.165) is 12.8 Å². The van der Waals surface area contributed by atoms with Crippen LogP contribution in [0.5, 0.6) is 5.75 Å². The van der Waals surface area contributed by atoms with E-state index in [0.29, 0.717) is 41.4 Å². The van der Waals surface area contributed by atoms with Crippen molar-refractivity contribution in [3.63, 3.8) is 0 Å². The fraction of sp³-hybridized carbons (Fsp3) is 0.591. The number of hydrogen-bond donors (Lipinski definition) is 2. The van der Waals surface area contributed by atoms with E-state index in [1.807, 2.05) is 0 Å². The Bertz CT molecular complexity index is 1060. The molecule has 1 unspecified atom stereocenters. The molecule has 3 rings (SSSR count). The zero-order valence-electron chi connectivity index (χ0n) is 21.5. The van der Waals surface area contributed by atoms with Crippen molar-refractivity contribution in [2.24, 2.45) is 13.0 Å². The van der Waals surface area contributed by atoms with Gasteiger partial charge >= 0.3 is 12.1 Å². The molecule has 1 aliphatic carbocycles. The average Bonchev–Trinajstić information content (AvgIpc) is 3.17. The normalized spacial score (nSPS) is 21.0. The molecule has 0 aliphatic heterocycles. The van der Waals surface area contributed by atoms with Crippen LogP contribution in [0.1, 0.15) is 61.4 Å². The maximum atomic E-state index is 12.2. The second-order valence-electron chi connectivity index (χ2n) is 7.91. The molecule has 10 nitrogen and oxygen atoms in total. The van der Waals surface area contributed by atoms with E-state index < -0.39 is 30.9 Å². The molecule has 1 saturated carbocycles. The molecule has 2 aromatic rings. The van der Waals surface area contributed by atoms with E-state index >= 15 is 0 Å². The van der Waals surface area contributed by atoms with Crippen molar-refractivity contribution in [3.8, 4) is 17.1 Å². The summed E-state index contributed by atoms with van der Waals surface area (Å²) in [5.74, 6) is -0.618. The van der Waals surface area contributed by atoms with Gasteiger partial charge in [0.05, 0.1) is 23.4 Å². The highest BCUT2D eigenvalue weighted by molar-refractivity contribution is 5.70. The number of nitrogens with zero attached hydrogens (tertiary/aromatic N) is 4. The van der Waals surface area contributed by atoms with Crippen LogP contribution in [0.2, 0.25) is 0 Å². The SMILES string of the molecule is [2H]C([2H])([2H])C(CC)NC(=O)OCc1c(-c2ccc(O[C@H]3CCC[C@H](C(=O)O)C3)c(C)n2)nnn1C. The molecule has 2 heterocycles. The van der Waals surface area contributed by atoms with Gasteiger partial charge in [-0.3, -0.25) is 4.79 Å². The highest BCUT2D eigenvalue weighted by atomic mass is 16.5.